The molecule has 9 heterocycles. The van der Waals surface area contributed by atoms with Crippen LogP contribution in [0.1, 0.15) is 151 Å². The van der Waals surface area contributed by atoms with Crippen LogP contribution in [0, 0.1) is 22.7 Å². The largest absolute Gasteiger partial charge is 0.432 e. The summed E-state index contributed by atoms with van der Waals surface area (Å²) < 4.78 is 1.80. The molecular weight excluding hydrogens is 1340 g/mol. The first-order valence-electron chi connectivity index (χ1n) is 35.6. The van der Waals surface area contributed by atoms with E-state index in [1.165, 1.54) is 77.3 Å². The maximum atomic E-state index is 13.0. The molecule has 0 aliphatic carbocycles. The van der Waals surface area contributed by atoms with Crippen molar-refractivity contribution in [2.75, 3.05) is 31.5 Å². The zero-order valence-electron chi connectivity index (χ0n) is 62.0. The third kappa shape index (κ3) is 15.2. The minimum Gasteiger partial charge on any atom is -0.432 e. The standard InChI is InChI=1S/C22H22N2O.C15H19BrN2.C15H18N2.C13H15BN2O.C12H16N2.C10H8N2/c1-15-13-24(21(25)16-9-5-4-6-10-16)14-22(2,3)19-17-11-7-8-12-18(17)23-20(15)19;1-14(2)9-17-15(3,8-16)13-12(14)10-6-4-5-7-11(10)18-13;1-10-8-16-9-15(2,3)13-11-6-4-5-7-12(11)17-14(10)13;1-13(2,9-15)11-8-16(14(3)17)12-7-5-4-6-10(11)12;1-12(2,8-13)10-7-14-11-6-4-3-5-9(10)11;11-6-5-8-7-12-10-4-2-1-3-9(8)10/h4-13,23H,14H2,1-3H3;4-7,17-18H,8-9H2,1-3H3;4-8,16-17H,9H2,1-3H3;4-8,17H,1-3H3;3-7,14H,8,13H2,1-2H3;1-4,7,12H,5H2. The Morgan fingerprint density at radius 1 is 0.592 bits per heavy atom. The first kappa shape index (κ1) is 74.1. The van der Waals surface area contributed by atoms with Gasteiger partial charge in [0.15, 0.2) is 0 Å². The summed E-state index contributed by atoms with van der Waals surface area (Å²) in [7, 11) is -0.594. The van der Waals surface area contributed by atoms with Gasteiger partial charge in [0.05, 0.1) is 29.5 Å². The molecule has 1 amide bonds. The Bertz CT molecular complexity index is 5340. The van der Waals surface area contributed by atoms with E-state index in [9.17, 15) is 15.1 Å². The highest BCUT2D eigenvalue weighted by molar-refractivity contribution is 9.09. The lowest BCUT2D eigenvalue weighted by Gasteiger charge is -2.41. The first-order chi connectivity index (χ1) is 49.1. The van der Waals surface area contributed by atoms with Crippen molar-refractivity contribution >= 4 is 105 Å². The number of H-pyrrole nitrogens is 5. The molecule has 3 aliphatic rings. The van der Waals surface area contributed by atoms with Gasteiger partial charge in [-0.15, -0.1) is 0 Å². The molecule has 10 N–H and O–H groups in total. The van der Waals surface area contributed by atoms with Crippen LogP contribution < -0.4 is 16.4 Å². The fraction of sp³-hybridized carbons (Fsp3) is 0.299. The Kier molecular flexibility index (Phi) is 21.7. The molecule has 7 aromatic carbocycles. The average Bonchev–Trinajstić information content (AvgIpc) is 1.61. The van der Waals surface area contributed by atoms with E-state index in [1.54, 1.807) is 11.3 Å². The lowest BCUT2D eigenvalue weighted by atomic mass is 9.75. The SMILES string of the molecule is CB(O)n1cc(C(C)(C)C#N)c2ccccc21.CC(C)(CN)c1c[nH]c2ccccc12.CC1(C)CNC(C)(CBr)c2[nH]c3ccccc3c21.CC1=CN(C(=O)c2ccccc2)CC(C)(C)c2c1[nH]c1ccccc21.CC1=CNCC(C)(C)c2c1[nH]c1ccccc21.N#CCc1c[nH]c2ccccc12. The smallest absolute Gasteiger partial charge is 0.413 e. The van der Waals surface area contributed by atoms with Crippen LogP contribution in [0.15, 0.2) is 207 Å². The van der Waals surface area contributed by atoms with Crippen LogP contribution in [0.2, 0.25) is 6.82 Å². The first-order valence-corrected chi connectivity index (χ1v) is 36.7. The number of nitrogens with one attached hydrogen (secondary N) is 7. The summed E-state index contributed by atoms with van der Waals surface area (Å²) in [5.74, 6) is 0.0440. The number of halogens is 1. The van der Waals surface area contributed by atoms with Crippen LogP contribution in [-0.4, -0.2) is 83.8 Å². The number of carbonyl (C=O) groups excluding carboxylic acids is 1. The number of nitrogens with two attached hydrogens (primary N) is 1. The van der Waals surface area contributed by atoms with Gasteiger partial charge in [-0.05, 0) is 141 Å². The summed E-state index contributed by atoms with van der Waals surface area (Å²) >= 11 is 3.65. The van der Waals surface area contributed by atoms with Gasteiger partial charge >= 0.3 is 7.05 Å². The second kappa shape index (κ2) is 30.1. The number of allylic oxidation sites excluding steroid dienone is 2. The number of fused-ring (bicyclic) bond motifs is 12. The van der Waals surface area contributed by atoms with Gasteiger partial charge in [-0.3, -0.25) is 4.79 Å². The minimum absolute atomic E-state index is 0.0100. The summed E-state index contributed by atoms with van der Waals surface area (Å²) in [4.78, 5) is 32.0. The Morgan fingerprint density at radius 2 is 1.08 bits per heavy atom. The second-order valence-electron chi connectivity index (χ2n) is 30.9. The van der Waals surface area contributed by atoms with E-state index in [2.05, 4.69) is 243 Å². The Hall–Kier alpha value is -10.1. The quantitative estimate of drug-likeness (QED) is 0.0554. The van der Waals surface area contributed by atoms with Crippen molar-refractivity contribution in [3.63, 3.8) is 0 Å². The van der Waals surface area contributed by atoms with Crippen molar-refractivity contribution in [2.45, 2.75) is 136 Å². The van der Waals surface area contributed by atoms with E-state index >= 15 is 0 Å². The molecule has 0 saturated heterocycles. The van der Waals surface area contributed by atoms with E-state index in [1.807, 2.05) is 122 Å². The van der Waals surface area contributed by atoms with Crippen molar-refractivity contribution in [1.29, 1.82) is 10.5 Å². The fourth-order valence-electron chi connectivity index (χ4n) is 14.8. The Labute approximate surface area is 615 Å². The lowest BCUT2D eigenvalue weighted by molar-refractivity contribution is 0.0801. The molecule has 14 nitrogen and oxygen atoms in total. The number of para-hydroxylation sites is 6. The highest BCUT2D eigenvalue weighted by Crippen LogP contribution is 2.44. The fourth-order valence-corrected chi connectivity index (χ4v) is 15.2. The molecule has 16 heteroatoms. The molecule has 13 aromatic rings. The maximum Gasteiger partial charge on any atom is 0.413 e. The highest BCUT2D eigenvalue weighted by Gasteiger charge is 2.42. The third-order valence-electron chi connectivity index (χ3n) is 20.6. The predicted octanol–water partition coefficient (Wildman–Crippen LogP) is 19.1. The van der Waals surface area contributed by atoms with Crippen LogP contribution in [0.25, 0.3) is 76.6 Å². The molecule has 103 heavy (non-hydrogen) atoms. The number of alkyl halides is 1. The van der Waals surface area contributed by atoms with Crippen LogP contribution >= 0.6 is 15.9 Å². The molecule has 0 fully saturated rings. The molecule has 528 valence electrons. The van der Waals surface area contributed by atoms with Crippen LogP contribution in [0.3, 0.4) is 0 Å². The monoisotopic (exact) mass is 1430 g/mol. The molecule has 0 radical (unpaired) electrons. The zero-order chi connectivity index (χ0) is 73.8. The molecule has 3 aliphatic heterocycles. The molecule has 1 atom stereocenters. The molecule has 0 bridgehead atoms. The maximum absolute atomic E-state index is 13.0. The zero-order valence-corrected chi connectivity index (χ0v) is 63.6. The predicted molar refractivity (Wildman–Crippen MR) is 434 cm³/mol. The normalized spacial score (nSPS) is 16.2. The van der Waals surface area contributed by atoms with Gasteiger partial charge in [-0.25, -0.2) is 0 Å². The summed E-state index contributed by atoms with van der Waals surface area (Å²) in [5, 5.41) is 42.9. The lowest BCUT2D eigenvalue weighted by Crippen LogP contribution is -2.52. The van der Waals surface area contributed by atoms with Crippen LogP contribution in [0.4, 0.5) is 0 Å². The van der Waals surface area contributed by atoms with Crippen molar-refractivity contribution in [3.8, 4) is 12.1 Å². The Balaban J connectivity index is 0.000000126. The van der Waals surface area contributed by atoms with Gasteiger partial charge in [0, 0.05) is 166 Å². The molecule has 16 rings (SSSR count). The van der Waals surface area contributed by atoms with Crippen LogP contribution in [0.5, 0.6) is 0 Å². The topological polar surface area (TPSA) is 222 Å². The number of hydrogen-bond donors (Lipinski definition) is 9. The molecule has 1 unspecified atom stereocenters. The van der Waals surface area contributed by atoms with E-state index < -0.39 is 12.5 Å². The number of amides is 1. The summed E-state index contributed by atoms with van der Waals surface area (Å²) in [5.41, 5.74) is 26.6. The van der Waals surface area contributed by atoms with Gasteiger partial charge in [0.1, 0.15) is 0 Å². The second-order valence-corrected chi connectivity index (χ2v) is 31.5. The number of benzene rings is 7. The van der Waals surface area contributed by atoms with Gasteiger partial charge in [0.25, 0.3) is 5.91 Å². The highest BCUT2D eigenvalue weighted by atomic mass is 79.9. The molecular formula is C87H98BBrN12O2. The number of carbonyl (C=O) groups is 1. The van der Waals surface area contributed by atoms with E-state index in [0.29, 0.717) is 19.5 Å². The number of nitriles is 2. The van der Waals surface area contributed by atoms with E-state index in [4.69, 9.17) is 11.0 Å². The summed E-state index contributed by atoms with van der Waals surface area (Å²) in [6.45, 7) is 33.2. The number of hydrogen-bond acceptors (Lipinski definition) is 7. The van der Waals surface area contributed by atoms with Crippen LogP contribution in [-0.2, 0) is 39.0 Å². The van der Waals surface area contributed by atoms with Gasteiger partial charge in [0.2, 0.25) is 0 Å². The molecule has 6 aromatic heterocycles. The summed E-state index contributed by atoms with van der Waals surface area (Å²) in [6, 6.07) is 63.7. The van der Waals surface area contributed by atoms with E-state index in [0.717, 1.165) is 73.7 Å². The van der Waals surface area contributed by atoms with Gasteiger partial charge < -0.3 is 55.7 Å². The van der Waals surface area contributed by atoms with Gasteiger partial charge in [-0.1, -0.05) is 199 Å². The number of nitrogens with zero attached hydrogens (tertiary/aromatic N) is 4. The van der Waals surface area contributed by atoms with Crippen molar-refractivity contribution in [2.24, 2.45) is 5.73 Å². The van der Waals surface area contributed by atoms with Crippen molar-refractivity contribution in [3.05, 3.63) is 263 Å². The number of aromatic nitrogens is 6. The van der Waals surface area contributed by atoms with Crippen molar-refractivity contribution < 1.29 is 9.82 Å². The van der Waals surface area contributed by atoms with Crippen molar-refractivity contribution in [1.82, 2.24) is 44.9 Å². The minimum atomic E-state index is -0.594. The van der Waals surface area contributed by atoms with E-state index in [-0.39, 0.29) is 33.1 Å². The number of aromatic amines is 5. The average molecular weight is 1430 g/mol. The third-order valence-corrected chi connectivity index (χ3v) is 21.7. The number of rotatable bonds is 7. The summed E-state index contributed by atoms with van der Waals surface area (Å²) in [6.07, 6.45) is 10.4. The molecule has 0 spiro atoms. The molecule has 0 saturated carbocycles. The van der Waals surface area contributed by atoms with Gasteiger partial charge in [-0.2, -0.15) is 10.5 Å². The Morgan fingerprint density at radius 3 is 1.65 bits per heavy atom.